The van der Waals surface area contributed by atoms with Crippen LogP contribution in [0.3, 0.4) is 0 Å². The molecule has 5 heteroatoms. The Bertz CT molecular complexity index is 372. The second-order valence-corrected chi connectivity index (χ2v) is 5.54. The highest BCUT2D eigenvalue weighted by atomic mass is 16.5. The van der Waals surface area contributed by atoms with Gasteiger partial charge in [0, 0.05) is 6.92 Å². The van der Waals surface area contributed by atoms with Crippen LogP contribution >= 0.6 is 0 Å². The van der Waals surface area contributed by atoms with Crippen molar-refractivity contribution >= 4 is 17.7 Å². The number of aliphatic carboxylic acids is 1. The smallest absolute Gasteiger partial charge is 0.317 e. The summed E-state index contributed by atoms with van der Waals surface area (Å²) in [5.74, 6) is -1.52. The van der Waals surface area contributed by atoms with Crippen molar-refractivity contribution in [1.82, 2.24) is 0 Å². The molecule has 0 spiro atoms. The largest absolute Gasteiger partial charge is 0.480 e. The van der Waals surface area contributed by atoms with Gasteiger partial charge in [0.1, 0.15) is 11.2 Å². The van der Waals surface area contributed by atoms with Crippen LogP contribution in [0.5, 0.6) is 0 Å². The van der Waals surface area contributed by atoms with E-state index in [9.17, 15) is 19.5 Å². The van der Waals surface area contributed by atoms with Gasteiger partial charge in [0.05, 0.1) is 6.61 Å². The molecule has 0 amide bonds. The Labute approximate surface area is 126 Å². The first-order chi connectivity index (χ1) is 9.76. The lowest BCUT2D eigenvalue weighted by molar-refractivity contribution is -0.155. The maximum absolute atomic E-state index is 11.8. The predicted octanol–water partition coefficient (Wildman–Crippen LogP) is 2.98. The molecule has 0 radical (unpaired) electrons. The summed E-state index contributed by atoms with van der Waals surface area (Å²) in [4.78, 5) is 34.1. The van der Waals surface area contributed by atoms with Crippen LogP contribution in [0.25, 0.3) is 0 Å². The zero-order valence-corrected chi connectivity index (χ0v) is 13.2. The van der Waals surface area contributed by atoms with Gasteiger partial charge in [0.25, 0.3) is 0 Å². The maximum atomic E-state index is 11.8. The Balaban J connectivity index is 4.60. The van der Waals surface area contributed by atoms with E-state index in [-0.39, 0.29) is 24.1 Å². The first kappa shape index (κ1) is 19.4. The van der Waals surface area contributed by atoms with Crippen molar-refractivity contribution in [2.75, 3.05) is 6.61 Å². The molecule has 0 saturated heterocycles. The molecular weight excluding hydrogens is 272 g/mol. The van der Waals surface area contributed by atoms with E-state index in [1.54, 1.807) is 6.08 Å². The van der Waals surface area contributed by atoms with Crippen molar-refractivity contribution < 1.29 is 24.2 Å². The third kappa shape index (κ3) is 6.56. The molecule has 0 aromatic rings. The van der Waals surface area contributed by atoms with Crippen molar-refractivity contribution in [2.45, 2.75) is 52.9 Å². The fraction of sp³-hybridized carbons (Fsp3) is 0.688. The van der Waals surface area contributed by atoms with Crippen molar-refractivity contribution in [1.29, 1.82) is 0 Å². The number of hydrogen-bond acceptors (Lipinski definition) is 4. The monoisotopic (exact) mass is 298 g/mol. The lowest BCUT2D eigenvalue weighted by Gasteiger charge is -2.27. The molecule has 120 valence electrons. The fourth-order valence-electron chi connectivity index (χ4n) is 2.23. The number of esters is 1. The summed E-state index contributed by atoms with van der Waals surface area (Å²) in [6.07, 6.45) is 3.96. The number of carboxylic acids is 1. The van der Waals surface area contributed by atoms with Crippen molar-refractivity contribution in [2.24, 2.45) is 11.3 Å². The molecule has 2 atom stereocenters. The number of carboxylic acid groups (broad SMARTS) is 1. The molecule has 2 unspecified atom stereocenters. The molecule has 0 saturated carbocycles. The van der Waals surface area contributed by atoms with E-state index in [0.717, 1.165) is 0 Å². The normalized spacial score (nSPS) is 14.8. The van der Waals surface area contributed by atoms with Crippen molar-refractivity contribution in [3.63, 3.8) is 0 Å². The number of carbonyl (C=O) groups is 3. The number of allylic oxidation sites excluding steroid dienone is 1. The third-order valence-electron chi connectivity index (χ3n) is 3.84. The standard InChI is InChI=1S/C16H26O5/c1-5-6-9-16(13(3)17,15(19)20)10-7-12(2)8-11-21-14(4)18/h5,12H,1,6-11H2,2-4H3,(H,19,20). The molecule has 0 bridgehead atoms. The second-order valence-electron chi connectivity index (χ2n) is 5.54. The highest BCUT2D eigenvalue weighted by Crippen LogP contribution is 2.33. The van der Waals surface area contributed by atoms with E-state index in [1.165, 1.54) is 13.8 Å². The highest BCUT2D eigenvalue weighted by molar-refractivity contribution is 6.01. The Kier molecular flexibility index (Phi) is 8.58. The van der Waals surface area contributed by atoms with E-state index < -0.39 is 11.4 Å². The lowest BCUT2D eigenvalue weighted by atomic mass is 9.74. The van der Waals surface area contributed by atoms with Crippen LogP contribution in [-0.4, -0.2) is 29.4 Å². The zero-order chi connectivity index (χ0) is 16.5. The fourth-order valence-corrected chi connectivity index (χ4v) is 2.23. The average Bonchev–Trinajstić information content (AvgIpc) is 2.37. The Morgan fingerprint density at radius 1 is 1.24 bits per heavy atom. The van der Waals surface area contributed by atoms with Gasteiger partial charge in [-0.2, -0.15) is 0 Å². The van der Waals surface area contributed by atoms with Crippen LogP contribution in [-0.2, 0) is 19.1 Å². The molecule has 0 aliphatic rings. The Morgan fingerprint density at radius 3 is 2.29 bits per heavy atom. The summed E-state index contributed by atoms with van der Waals surface area (Å²) < 4.78 is 4.87. The zero-order valence-electron chi connectivity index (χ0n) is 13.2. The maximum Gasteiger partial charge on any atom is 0.317 e. The second kappa shape index (κ2) is 9.32. The Hall–Kier alpha value is -1.65. The predicted molar refractivity (Wildman–Crippen MR) is 79.8 cm³/mol. The molecule has 5 nitrogen and oxygen atoms in total. The molecule has 0 rings (SSSR count). The summed E-state index contributed by atoms with van der Waals surface area (Å²) in [5, 5.41) is 9.46. The molecule has 21 heavy (non-hydrogen) atoms. The van der Waals surface area contributed by atoms with Crippen LogP contribution in [0, 0.1) is 11.3 Å². The topological polar surface area (TPSA) is 80.7 Å². The summed E-state index contributed by atoms with van der Waals surface area (Å²) in [5.41, 5.74) is -1.33. The Morgan fingerprint density at radius 2 is 1.86 bits per heavy atom. The van der Waals surface area contributed by atoms with Gasteiger partial charge in [0.15, 0.2) is 0 Å². The van der Waals surface area contributed by atoms with E-state index in [2.05, 4.69) is 6.58 Å². The van der Waals surface area contributed by atoms with E-state index in [4.69, 9.17) is 4.74 Å². The molecular formula is C16H26O5. The van der Waals surface area contributed by atoms with Gasteiger partial charge < -0.3 is 9.84 Å². The molecule has 1 N–H and O–H groups in total. The van der Waals surface area contributed by atoms with Gasteiger partial charge in [-0.3, -0.25) is 14.4 Å². The van der Waals surface area contributed by atoms with Crippen LogP contribution in [0.4, 0.5) is 0 Å². The summed E-state index contributed by atoms with van der Waals surface area (Å²) in [7, 11) is 0. The number of Topliss-reactive ketones (excluding diaryl/α,β-unsaturated/α-hetero) is 1. The molecule has 0 aliphatic heterocycles. The number of ketones is 1. The van der Waals surface area contributed by atoms with Crippen LogP contribution < -0.4 is 0 Å². The van der Waals surface area contributed by atoms with E-state index in [0.29, 0.717) is 32.3 Å². The lowest BCUT2D eigenvalue weighted by Crippen LogP contribution is -2.38. The molecule has 0 fully saturated rings. The van der Waals surface area contributed by atoms with Gasteiger partial charge >= 0.3 is 11.9 Å². The van der Waals surface area contributed by atoms with E-state index >= 15 is 0 Å². The average molecular weight is 298 g/mol. The molecule has 0 aliphatic carbocycles. The highest BCUT2D eigenvalue weighted by Gasteiger charge is 2.42. The minimum atomic E-state index is -1.33. The quantitative estimate of drug-likeness (QED) is 0.360. The van der Waals surface area contributed by atoms with Gasteiger partial charge in [-0.05, 0) is 44.9 Å². The van der Waals surface area contributed by atoms with Gasteiger partial charge in [0.2, 0.25) is 0 Å². The molecule has 0 aromatic carbocycles. The summed E-state index contributed by atoms with van der Waals surface area (Å²) in [6.45, 7) is 8.55. The minimum Gasteiger partial charge on any atom is -0.480 e. The van der Waals surface area contributed by atoms with Gasteiger partial charge in [-0.25, -0.2) is 0 Å². The number of ether oxygens (including phenoxy) is 1. The number of carbonyl (C=O) groups excluding carboxylic acids is 2. The van der Waals surface area contributed by atoms with Gasteiger partial charge in [-0.1, -0.05) is 13.0 Å². The first-order valence-electron chi connectivity index (χ1n) is 7.25. The van der Waals surface area contributed by atoms with Crippen molar-refractivity contribution in [3.05, 3.63) is 12.7 Å². The van der Waals surface area contributed by atoms with Crippen LogP contribution in [0.15, 0.2) is 12.7 Å². The van der Waals surface area contributed by atoms with Gasteiger partial charge in [-0.15, -0.1) is 6.58 Å². The summed E-state index contributed by atoms with van der Waals surface area (Å²) >= 11 is 0. The van der Waals surface area contributed by atoms with E-state index in [1.807, 2.05) is 6.92 Å². The summed E-state index contributed by atoms with van der Waals surface area (Å²) in [6, 6.07) is 0. The number of hydrogen-bond donors (Lipinski definition) is 1. The SMILES string of the molecule is C=CCCC(CCC(C)CCOC(C)=O)(C(C)=O)C(=O)O. The first-order valence-corrected chi connectivity index (χ1v) is 7.25. The molecule has 0 heterocycles. The molecule has 0 aromatic heterocycles. The number of rotatable bonds is 11. The van der Waals surface area contributed by atoms with Crippen molar-refractivity contribution in [3.8, 4) is 0 Å². The minimum absolute atomic E-state index is 0.186. The third-order valence-corrected chi connectivity index (χ3v) is 3.84. The van der Waals surface area contributed by atoms with Crippen LogP contribution in [0.2, 0.25) is 0 Å². The van der Waals surface area contributed by atoms with Crippen LogP contribution in [0.1, 0.15) is 52.9 Å².